The Morgan fingerprint density at radius 1 is 1.45 bits per heavy atom. The zero-order valence-corrected chi connectivity index (χ0v) is 12.5. The fourth-order valence-corrected chi connectivity index (χ4v) is 2.97. The second kappa shape index (κ2) is 5.92. The Morgan fingerprint density at radius 3 is 3.10 bits per heavy atom. The van der Waals surface area contributed by atoms with Gasteiger partial charge in [-0.25, -0.2) is 9.97 Å². The molecule has 1 unspecified atom stereocenters. The number of rotatable bonds is 4. The maximum absolute atomic E-state index is 4.87. The normalized spacial score (nSPS) is 19.9. The van der Waals surface area contributed by atoms with E-state index >= 15 is 0 Å². The van der Waals surface area contributed by atoms with Crippen LogP contribution in [0, 0.1) is 5.92 Å². The third kappa shape index (κ3) is 2.70. The summed E-state index contributed by atoms with van der Waals surface area (Å²) in [5.41, 5.74) is 2.09. The van der Waals surface area contributed by atoms with E-state index < -0.39 is 0 Å². The first kappa shape index (κ1) is 13.6. The fraction of sp³-hybridized carbons (Fsp3) is 0.625. The van der Waals surface area contributed by atoms with E-state index in [1.54, 1.807) is 0 Å². The van der Waals surface area contributed by atoms with Gasteiger partial charge in [0.2, 0.25) is 0 Å². The fourth-order valence-electron chi connectivity index (χ4n) is 2.97. The number of fused-ring (bicyclic) bond motifs is 1. The zero-order valence-electron chi connectivity index (χ0n) is 12.5. The van der Waals surface area contributed by atoms with Gasteiger partial charge in [-0.1, -0.05) is 13.8 Å². The first-order valence-corrected chi connectivity index (χ1v) is 7.77. The standard InChI is InChI=1S/C16H24N4/c1-12(2)7-10-20-15(13-5-3-8-17-11-13)19-14-6-4-9-18-16(14)20/h4,6,9,12-13,17H,3,5,7-8,10-11H2,1-2H3. The Balaban J connectivity index is 1.97. The summed E-state index contributed by atoms with van der Waals surface area (Å²) in [5.74, 6) is 2.46. The molecule has 1 aliphatic rings. The third-order valence-electron chi connectivity index (χ3n) is 4.13. The third-order valence-corrected chi connectivity index (χ3v) is 4.13. The van der Waals surface area contributed by atoms with Crippen LogP contribution in [0.25, 0.3) is 11.2 Å². The van der Waals surface area contributed by atoms with Crippen LogP contribution in [0.4, 0.5) is 0 Å². The molecule has 1 fully saturated rings. The van der Waals surface area contributed by atoms with Crippen LogP contribution in [0.15, 0.2) is 18.3 Å². The summed E-state index contributed by atoms with van der Waals surface area (Å²) in [5, 5.41) is 3.50. The summed E-state index contributed by atoms with van der Waals surface area (Å²) < 4.78 is 2.35. The van der Waals surface area contributed by atoms with Crippen molar-refractivity contribution in [3.05, 3.63) is 24.2 Å². The topological polar surface area (TPSA) is 42.7 Å². The van der Waals surface area contributed by atoms with E-state index in [9.17, 15) is 0 Å². The Bertz CT molecular complexity index is 567. The molecule has 3 rings (SSSR count). The molecule has 108 valence electrons. The van der Waals surface area contributed by atoms with E-state index in [1.165, 1.54) is 25.1 Å². The van der Waals surface area contributed by atoms with Crippen LogP contribution in [-0.2, 0) is 6.54 Å². The van der Waals surface area contributed by atoms with E-state index in [1.807, 2.05) is 12.3 Å². The average Bonchev–Trinajstić information content (AvgIpc) is 2.84. The maximum Gasteiger partial charge on any atom is 0.159 e. The summed E-state index contributed by atoms with van der Waals surface area (Å²) in [6, 6.07) is 4.05. The first-order valence-electron chi connectivity index (χ1n) is 7.77. The van der Waals surface area contributed by atoms with Crippen molar-refractivity contribution in [1.82, 2.24) is 19.9 Å². The van der Waals surface area contributed by atoms with Crippen LogP contribution < -0.4 is 5.32 Å². The zero-order chi connectivity index (χ0) is 13.9. The lowest BCUT2D eigenvalue weighted by Crippen LogP contribution is -2.30. The minimum Gasteiger partial charge on any atom is -0.316 e. The largest absolute Gasteiger partial charge is 0.316 e. The second-order valence-electron chi connectivity index (χ2n) is 6.19. The molecule has 4 nitrogen and oxygen atoms in total. The molecule has 0 bridgehead atoms. The highest BCUT2D eigenvalue weighted by Crippen LogP contribution is 2.26. The lowest BCUT2D eigenvalue weighted by atomic mass is 9.98. The van der Waals surface area contributed by atoms with E-state index in [-0.39, 0.29) is 0 Å². The van der Waals surface area contributed by atoms with Crippen LogP contribution in [0.2, 0.25) is 0 Å². The summed E-state index contributed by atoms with van der Waals surface area (Å²) in [4.78, 5) is 9.43. The number of nitrogens with one attached hydrogen (secondary N) is 1. The van der Waals surface area contributed by atoms with Crippen molar-refractivity contribution in [2.24, 2.45) is 5.92 Å². The van der Waals surface area contributed by atoms with Crippen molar-refractivity contribution in [2.75, 3.05) is 13.1 Å². The van der Waals surface area contributed by atoms with Gasteiger partial charge in [0.1, 0.15) is 11.3 Å². The lowest BCUT2D eigenvalue weighted by molar-refractivity contribution is 0.424. The van der Waals surface area contributed by atoms with Gasteiger partial charge in [-0.3, -0.25) is 0 Å². The number of piperidine rings is 1. The Hall–Kier alpha value is -1.42. The van der Waals surface area contributed by atoms with Gasteiger partial charge in [0, 0.05) is 25.2 Å². The van der Waals surface area contributed by atoms with Crippen LogP contribution >= 0.6 is 0 Å². The van der Waals surface area contributed by atoms with E-state index in [2.05, 4.69) is 34.8 Å². The smallest absolute Gasteiger partial charge is 0.159 e. The monoisotopic (exact) mass is 272 g/mol. The van der Waals surface area contributed by atoms with E-state index in [0.717, 1.165) is 30.8 Å². The van der Waals surface area contributed by atoms with Gasteiger partial charge in [0.05, 0.1) is 0 Å². The number of pyridine rings is 1. The molecular formula is C16H24N4. The average molecular weight is 272 g/mol. The summed E-state index contributed by atoms with van der Waals surface area (Å²) >= 11 is 0. The quantitative estimate of drug-likeness (QED) is 0.930. The number of hydrogen-bond acceptors (Lipinski definition) is 3. The van der Waals surface area contributed by atoms with Gasteiger partial charge in [-0.05, 0) is 43.9 Å². The summed E-state index contributed by atoms with van der Waals surface area (Å²) in [6.07, 6.45) is 5.53. The highest BCUT2D eigenvalue weighted by atomic mass is 15.1. The molecular weight excluding hydrogens is 248 g/mol. The van der Waals surface area contributed by atoms with Crippen molar-refractivity contribution in [3.8, 4) is 0 Å². The van der Waals surface area contributed by atoms with Crippen molar-refractivity contribution in [2.45, 2.75) is 45.6 Å². The molecule has 0 radical (unpaired) electrons. The van der Waals surface area contributed by atoms with Crippen LogP contribution in [0.5, 0.6) is 0 Å². The molecule has 3 heterocycles. The number of imidazole rings is 1. The number of nitrogens with zero attached hydrogens (tertiary/aromatic N) is 3. The van der Waals surface area contributed by atoms with Crippen molar-refractivity contribution in [1.29, 1.82) is 0 Å². The molecule has 1 N–H and O–H groups in total. The van der Waals surface area contributed by atoms with Crippen molar-refractivity contribution >= 4 is 11.2 Å². The predicted molar refractivity (Wildman–Crippen MR) is 81.8 cm³/mol. The highest BCUT2D eigenvalue weighted by molar-refractivity contribution is 5.71. The SMILES string of the molecule is CC(C)CCn1c(C2CCCNC2)nc2cccnc21. The molecule has 20 heavy (non-hydrogen) atoms. The molecule has 1 aliphatic heterocycles. The Labute approximate surface area is 120 Å². The van der Waals surface area contributed by atoms with Crippen molar-refractivity contribution in [3.63, 3.8) is 0 Å². The molecule has 0 amide bonds. The van der Waals surface area contributed by atoms with Gasteiger partial charge in [0.15, 0.2) is 5.65 Å². The van der Waals surface area contributed by atoms with Gasteiger partial charge < -0.3 is 9.88 Å². The highest BCUT2D eigenvalue weighted by Gasteiger charge is 2.22. The van der Waals surface area contributed by atoms with Crippen LogP contribution in [0.3, 0.4) is 0 Å². The molecule has 0 aliphatic carbocycles. The van der Waals surface area contributed by atoms with Crippen molar-refractivity contribution < 1.29 is 0 Å². The molecule has 0 spiro atoms. The summed E-state index contributed by atoms with van der Waals surface area (Å²) in [7, 11) is 0. The molecule has 4 heteroatoms. The number of hydrogen-bond donors (Lipinski definition) is 1. The van der Waals surface area contributed by atoms with E-state index in [4.69, 9.17) is 4.98 Å². The van der Waals surface area contributed by atoms with Crippen LogP contribution in [-0.4, -0.2) is 27.6 Å². The predicted octanol–water partition coefficient (Wildman–Crippen LogP) is 2.94. The Morgan fingerprint density at radius 2 is 2.35 bits per heavy atom. The number of aromatic nitrogens is 3. The molecule has 0 saturated carbocycles. The van der Waals surface area contributed by atoms with Crippen LogP contribution in [0.1, 0.15) is 44.9 Å². The van der Waals surface area contributed by atoms with Gasteiger partial charge in [-0.15, -0.1) is 0 Å². The minimum atomic E-state index is 0.533. The number of aryl methyl sites for hydroxylation is 1. The van der Waals surface area contributed by atoms with Gasteiger partial charge in [-0.2, -0.15) is 0 Å². The van der Waals surface area contributed by atoms with Gasteiger partial charge in [0.25, 0.3) is 0 Å². The second-order valence-corrected chi connectivity index (χ2v) is 6.19. The molecule has 1 atom stereocenters. The lowest BCUT2D eigenvalue weighted by Gasteiger charge is -2.23. The Kier molecular flexibility index (Phi) is 4.01. The summed E-state index contributed by atoms with van der Waals surface area (Å²) in [6.45, 7) is 7.76. The molecule has 1 saturated heterocycles. The van der Waals surface area contributed by atoms with Gasteiger partial charge >= 0.3 is 0 Å². The van der Waals surface area contributed by atoms with E-state index in [0.29, 0.717) is 11.8 Å². The molecule has 2 aromatic rings. The maximum atomic E-state index is 4.87. The molecule has 2 aromatic heterocycles. The minimum absolute atomic E-state index is 0.533. The molecule has 0 aromatic carbocycles. The first-order chi connectivity index (χ1) is 9.75.